The molecule has 0 radical (unpaired) electrons. The van der Waals surface area contributed by atoms with Crippen LogP contribution in [0, 0.1) is 0 Å². The molecule has 21 heavy (non-hydrogen) atoms. The van der Waals surface area contributed by atoms with Gasteiger partial charge >= 0.3 is 6.03 Å². The van der Waals surface area contributed by atoms with Crippen molar-refractivity contribution in [2.75, 3.05) is 13.1 Å². The van der Waals surface area contributed by atoms with Crippen molar-refractivity contribution in [3.8, 4) is 0 Å². The largest absolute Gasteiger partial charge is 0.355 e. The van der Waals surface area contributed by atoms with E-state index in [-0.39, 0.29) is 18.4 Å². The molecular weight excluding hydrogens is 290 g/mol. The predicted octanol–water partition coefficient (Wildman–Crippen LogP) is 1.43. The van der Waals surface area contributed by atoms with Crippen LogP contribution in [0.1, 0.15) is 31.6 Å². The lowest BCUT2D eigenvalue weighted by Crippen LogP contribution is -2.43. The molecule has 6 nitrogen and oxygen atoms in total. The molecule has 7 heteroatoms. The molecule has 114 valence electrons. The summed E-state index contributed by atoms with van der Waals surface area (Å²) >= 11 is 1.40. The van der Waals surface area contributed by atoms with Gasteiger partial charge in [-0.1, -0.05) is 19.4 Å². The van der Waals surface area contributed by atoms with E-state index in [4.69, 9.17) is 0 Å². The molecule has 0 spiro atoms. The second-order valence-corrected chi connectivity index (χ2v) is 6.07. The van der Waals surface area contributed by atoms with E-state index in [9.17, 15) is 14.4 Å². The van der Waals surface area contributed by atoms with Gasteiger partial charge < -0.3 is 10.6 Å². The van der Waals surface area contributed by atoms with E-state index in [2.05, 4.69) is 10.6 Å². The number of hydrogen-bond acceptors (Lipinski definition) is 4. The molecule has 1 fully saturated rings. The Hall–Kier alpha value is -1.89. The van der Waals surface area contributed by atoms with Crippen molar-refractivity contribution >= 4 is 29.2 Å². The van der Waals surface area contributed by atoms with Crippen LogP contribution in [0.4, 0.5) is 4.79 Å². The highest BCUT2D eigenvalue weighted by molar-refractivity contribution is 7.10. The van der Waals surface area contributed by atoms with Crippen molar-refractivity contribution in [1.29, 1.82) is 0 Å². The van der Waals surface area contributed by atoms with Gasteiger partial charge in [-0.05, 0) is 24.8 Å². The Bertz CT molecular complexity index is 544. The number of thiophene rings is 1. The van der Waals surface area contributed by atoms with Crippen molar-refractivity contribution in [1.82, 2.24) is 15.5 Å². The van der Waals surface area contributed by atoms with E-state index in [0.29, 0.717) is 6.54 Å². The molecule has 1 atom stereocenters. The Kier molecular flexibility index (Phi) is 4.62. The average molecular weight is 309 g/mol. The highest BCUT2D eigenvalue weighted by Gasteiger charge is 2.50. The molecule has 2 N–H and O–H groups in total. The molecule has 0 saturated carbocycles. The zero-order valence-electron chi connectivity index (χ0n) is 12.1. The first-order valence-electron chi connectivity index (χ1n) is 6.94. The summed E-state index contributed by atoms with van der Waals surface area (Å²) in [5.41, 5.74) is -1.07. The third-order valence-corrected chi connectivity index (χ3v) is 4.53. The highest BCUT2D eigenvalue weighted by Crippen LogP contribution is 2.31. The van der Waals surface area contributed by atoms with E-state index >= 15 is 0 Å². The predicted molar refractivity (Wildman–Crippen MR) is 79.8 cm³/mol. The summed E-state index contributed by atoms with van der Waals surface area (Å²) < 4.78 is 0. The molecule has 1 saturated heterocycles. The van der Waals surface area contributed by atoms with Gasteiger partial charge in [-0.15, -0.1) is 11.3 Å². The maximum Gasteiger partial charge on any atom is 0.325 e. The fourth-order valence-corrected chi connectivity index (χ4v) is 3.01. The summed E-state index contributed by atoms with van der Waals surface area (Å²) in [6.45, 7) is 4.00. The Labute approximate surface area is 127 Å². The SMILES string of the molecule is CCCCNC(=O)CN1C(=O)NC(C)(c2cccs2)C1=O. The molecule has 2 rings (SSSR count). The summed E-state index contributed by atoms with van der Waals surface area (Å²) in [7, 11) is 0. The fourth-order valence-electron chi connectivity index (χ4n) is 2.17. The maximum absolute atomic E-state index is 12.5. The van der Waals surface area contributed by atoms with Crippen molar-refractivity contribution in [3.63, 3.8) is 0 Å². The number of rotatable bonds is 6. The molecule has 4 amide bonds. The molecule has 1 unspecified atom stereocenters. The van der Waals surface area contributed by atoms with Crippen LogP contribution in [-0.2, 0) is 15.1 Å². The lowest BCUT2D eigenvalue weighted by Gasteiger charge is -2.19. The van der Waals surface area contributed by atoms with Gasteiger partial charge in [-0.3, -0.25) is 14.5 Å². The van der Waals surface area contributed by atoms with Gasteiger partial charge in [0.2, 0.25) is 5.91 Å². The number of carbonyl (C=O) groups is 3. The van der Waals surface area contributed by atoms with E-state index < -0.39 is 11.6 Å². The van der Waals surface area contributed by atoms with E-state index in [0.717, 1.165) is 22.6 Å². The van der Waals surface area contributed by atoms with E-state index in [1.807, 2.05) is 18.4 Å². The van der Waals surface area contributed by atoms with Gasteiger partial charge in [0.25, 0.3) is 5.91 Å². The van der Waals surface area contributed by atoms with Crippen molar-refractivity contribution in [2.24, 2.45) is 0 Å². The third-order valence-electron chi connectivity index (χ3n) is 3.44. The number of amides is 4. The van der Waals surface area contributed by atoms with Crippen LogP contribution in [0.2, 0.25) is 0 Å². The minimum absolute atomic E-state index is 0.241. The van der Waals surface area contributed by atoms with Crippen molar-refractivity contribution in [2.45, 2.75) is 32.2 Å². The Morgan fingerprint density at radius 3 is 2.86 bits per heavy atom. The second-order valence-electron chi connectivity index (χ2n) is 5.13. The Morgan fingerprint density at radius 1 is 1.48 bits per heavy atom. The van der Waals surface area contributed by atoms with Crippen molar-refractivity contribution < 1.29 is 14.4 Å². The number of unbranched alkanes of at least 4 members (excludes halogenated alkanes) is 1. The van der Waals surface area contributed by atoms with Crippen LogP contribution in [0.15, 0.2) is 17.5 Å². The van der Waals surface area contributed by atoms with Crippen LogP contribution in [-0.4, -0.2) is 35.8 Å². The minimum Gasteiger partial charge on any atom is -0.355 e. The standard InChI is InChI=1S/C14H19N3O3S/c1-3-4-7-15-11(18)9-17-12(19)14(2,16-13(17)20)10-6-5-8-21-10/h5-6,8H,3-4,7,9H2,1-2H3,(H,15,18)(H,16,20). The van der Waals surface area contributed by atoms with Gasteiger partial charge in [0.1, 0.15) is 6.54 Å². The first-order chi connectivity index (χ1) is 9.99. The van der Waals surface area contributed by atoms with Crippen LogP contribution < -0.4 is 10.6 Å². The van der Waals surface area contributed by atoms with E-state index in [1.165, 1.54) is 11.3 Å². The smallest absolute Gasteiger partial charge is 0.325 e. The van der Waals surface area contributed by atoms with Gasteiger partial charge in [-0.2, -0.15) is 0 Å². The monoisotopic (exact) mass is 309 g/mol. The summed E-state index contributed by atoms with van der Waals surface area (Å²) in [4.78, 5) is 38.0. The Balaban J connectivity index is 2.04. The first kappa shape index (κ1) is 15.5. The van der Waals surface area contributed by atoms with Gasteiger partial charge in [0.05, 0.1) is 0 Å². The molecule has 1 aromatic rings. The second kappa shape index (κ2) is 6.26. The van der Waals surface area contributed by atoms with Crippen molar-refractivity contribution in [3.05, 3.63) is 22.4 Å². The fraction of sp³-hybridized carbons (Fsp3) is 0.500. The normalized spacial score (nSPS) is 21.5. The highest BCUT2D eigenvalue weighted by atomic mass is 32.1. The number of hydrogen-bond donors (Lipinski definition) is 2. The zero-order valence-corrected chi connectivity index (χ0v) is 13.0. The number of urea groups is 1. The zero-order chi connectivity index (χ0) is 15.5. The van der Waals surface area contributed by atoms with Gasteiger partial charge in [-0.25, -0.2) is 4.79 Å². The molecule has 1 aliphatic rings. The van der Waals surface area contributed by atoms with E-state index in [1.54, 1.807) is 13.0 Å². The number of nitrogens with zero attached hydrogens (tertiary/aromatic N) is 1. The topological polar surface area (TPSA) is 78.5 Å². The minimum atomic E-state index is -1.07. The summed E-state index contributed by atoms with van der Waals surface area (Å²) in [6, 6.07) is 3.10. The molecule has 1 aromatic heterocycles. The van der Waals surface area contributed by atoms with Crippen LogP contribution in [0.25, 0.3) is 0 Å². The summed E-state index contributed by atoms with van der Waals surface area (Å²) in [5.74, 6) is -0.706. The van der Waals surface area contributed by atoms with Crippen LogP contribution >= 0.6 is 11.3 Å². The molecule has 0 bridgehead atoms. The van der Waals surface area contributed by atoms with Gasteiger partial charge in [0.15, 0.2) is 5.54 Å². The van der Waals surface area contributed by atoms with Crippen LogP contribution in [0.5, 0.6) is 0 Å². The molecule has 2 heterocycles. The third kappa shape index (κ3) is 3.07. The molecule has 0 aliphatic carbocycles. The maximum atomic E-state index is 12.5. The lowest BCUT2D eigenvalue weighted by atomic mass is 10.0. The van der Waals surface area contributed by atoms with Crippen LogP contribution in [0.3, 0.4) is 0 Å². The average Bonchev–Trinajstić information content (AvgIpc) is 3.04. The Morgan fingerprint density at radius 2 is 2.24 bits per heavy atom. The molecule has 0 aromatic carbocycles. The quantitative estimate of drug-likeness (QED) is 0.616. The first-order valence-corrected chi connectivity index (χ1v) is 7.81. The summed E-state index contributed by atoms with van der Waals surface area (Å²) in [6.07, 6.45) is 1.85. The number of imide groups is 1. The number of carbonyl (C=O) groups excluding carboxylic acids is 3. The number of nitrogens with one attached hydrogen (secondary N) is 2. The molecule has 1 aliphatic heterocycles. The van der Waals surface area contributed by atoms with Gasteiger partial charge in [0, 0.05) is 11.4 Å². The summed E-state index contributed by atoms with van der Waals surface area (Å²) in [5, 5.41) is 7.22. The lowest BCUT2D eigenvalue weighted by molar-refractivity contribution is -0.134. The molecular formula is C14H19N3O3S.